The van der Waals surface area contributed by atoms with Crippen LogP contribution in [0.15, 0.2) is 47.4 Å². The Kier molecular flexibility index (Phi) is 6.61. The van der Waals surface area contributed by atoms with E-state index in [0.717, 1.165) is 37.1 Å². The van der Waals surface area contributed by atoms with E-state index in [1.807, 2.05) is 55.7 Å². The lowest BCUT2D eigenvalue weighted by atomic mass is 10.1. The van der Waals surface area contributed by atoms with E-state index in [-0.39, 0.29) is 11.2 Å². The summed E-state index contributed by atoms with van der Waals surface area (Å²) in [5.74, 6) is 0.0444. The maximum atomic E-state index is 12.5. The normalized spacial score (nSPS) is 11.2. The van der Waals surface area contributed by atoms with E-state index >= 15 is 0 Å². The van der Waals surface area contributed by atoms with Crippen LogP contribution in [0.25, 0.3) is 11.3 Å². The molecule has 1 N–H and O–H groups in total. The van der Waals surface area contributed by atoms with Gasteiger partial charge >= 0.3 is 6.09 Å². The van der Waals surface area contributed by atoms with Crippen molar-refractivity contribution in [3.05, 3.63) is 52.8 Å². The predicted octanol–water partition coefficient (Wildman–Crippen LogP) is 4.59. The zero-order valence-electron chi connectivity index (χ0n) is 16.0. The zero-order valence-corrected chi connectivity index (χ0v) is 16.0. The van der Waals surface area contributed by atoms with Crippen molar-refractivity contribution in [3.8, 4) is 17.0 Å². The zero-order chi connectivity index (χ0) is 19.2. The summed E-state index contributed by atoms with van der Waals surface area (Å²) in [6, 6.07) is 11.3. The molecule has 1 heterocycles. The van der Waals surface area contributed by atoms with Crippen molar-refractivity contribution in [2.75, 3.05) is 0 Å². The van der Waals surface area contributed by atoms with Crippen molar-refractivity contribution in [3.63, 3.8) is 0 Å². The van der Waals surface area contributed by atoms with E-state index < -0.39 is 11.6 Å². The number of aryl methyl sites for hydroxylation is 1. The number of rotatable bonds is 6. The lowest BCUT2D eigenvalue weighted by molar-refractivity contribution is 0.190. The Morgan fingerprint density at radius 1 is 1.15 bits per heavy atom. The van der Waals surface area contributed by atoms with Crippen LogP contribution in [0.5, 0.6) is 5.75 Å². The van der Waals surface area contributed by atoms with Crippen LogP contribution >= 0.6 is 0 Å². The Bertz CT molecular complexity index is 789. The van der Waals surface area contributed by atoms with Crippen LogP contribution in [-0.2, 0) is 6.54 Å². The molecule has 1 aromatic heterocycles. The van der Waals surface area contributed by atoms with E-state index in [1.165, 1.54) is 0 Å². The number of carbonyl (C=O) groups is 1. The fourth-order valence-electron chi connectivity index (χ4n) is 2.64. The average Bonchev–Trinajstić information content (AvgIpc) is 2.56. The fourth-order valence-corrected chi connectivity index (χ4v) is 2.64. The molecule has 0 unspecified atom stereocenters. The summed E-state index contributed by atoms with van der Waals surface area (Å²) >= 11 is 0. The average molecular weight is 356 g/mol. The highest BCUT2D eigenvalue weighted by Crippen LogP contribution is 2.21. The lowest BCUT2D eigenvalue weighted by Gasteiger charge is -2.20. The molecule has 0 spiro atoms. The standard InChI is InChI=1S/C21H28N2O3/c1-5-6-10-13-23-15-19(26-20(25)22-21(2,3)4)18(24)14-17(23)16-11-8-7-9-12-16/h7-9,11-12,14-15H,5-6,10,13H2,1-4H3,(H,22,25). The maximum Gasteiger partial charge on any atom is 0.413 e. The highest BCUT2D eigenvalue weighted by molar-refractivity contribution is 5.71. The number of ether oxygens (including phenoxy) is 1. The van der Waals surface area contributed by atoms with E-state index in [2.05, 4.69) is 12.2 Å². The van der Waals surface area contributed by atoms with Crippen LogP contribution < -0.4 is 15.5 Å². The van der Waals surface area contributed by atoms with E-state index in [9.17, 15) is 9.59 Å². The minimum absolute atomic E-state index is 0.0444. The fraction of sp³-hybridized carbons (Fsp3) is 0.429. The molecule has 0 aliphatic rings. The lowest BCUT2D eigenvalue weighted by Crippen LogP contribution is -2.42. The quantitative estimate of drug-likeness (QED) is 0.770. The van der Waals surface area contributed by atoms with E-state index in [1.54, 1.807) is 12.3 Å². The number of unbranched alkanes of at least 4 members (excludes halogenated alkanes) is 2. The molecular formula is C21H28N2O3. The Balaban J connectivity index is 2.34. The minimum Gasteiger partial charge on any atom is -0.405 e. The smallest absolute Gasteiger partial charge is 0.405 e. The van der Waals surface area contributed by atoms with Crippen LogP contribution in [0, 0.1) is 0 Å². The molecule has 0 aliphatic carbocycles. The molecule has 0 fully saturated rings. The SMILES string of the molecule is CCCCCn1cc(OC(=O)NC(C)(C)C)c(=O)cc1-c1ccccc1. The van der Waals surface area contributed by atoms with Gasteiger partial charge in [0.05, 0.1) is 11.9 Å². The number of pyridine rings is 1. The van der Waals surface area contributed by atoms with Crippen LogP contribution in [-0.4, -0.2) is 16.2 Å². The van der Waals surface area contributed by atoms with Gasteiger partial charge in [-0.05, 0) is 32.8 Å². The second kappa shape index (κ2) is 8.70. The van der Waals surface area contributed by atoms with Crippen LogP contribution in [0.2, 0.25) is 0 Å². The Hall–Kier alpha value is -2.56. The topological polar surface area (TPSA) is 60.3 Å². The van der Waals surface area contributed by atoms with Gasteiger partial charge < -0.3 is 14.6 Å². The highest BCUT2D eigenvalue weighted by Gasteiger charge is 2.17. The Morgan fingerprint density at radius 2 is 1.85 bits per heavy atom. The molecule has 0 aliphatic heterocycles. The van der Waals surface area contributed by atoms with Crippen LogP contribution in [0.3, 0.4) is 0 Å². The number of carbonyl (C=O) groups excluding carboxylic acids is 1. The molecule has 1 amide bonds. The summed E-state index contributed by atoms with van der Waals surface area (Å²) in [6.45, 7) is 8.48. The van der Waals surface area contributed by atoms with Gasteiger partial charge in [-0.3, -0.25) is 4.79 Å². The maximum absolute atomic E-state index is 12.5. The number of amides is 1. The molecule has 0 atom stereocenters. The highest BCUT2D eigenvalue weighted by atomic mass is 16.6. The summed E-state index contributed by atoms with van der Waals surface area (Å²) in [5, 5.41) is 2.70. The molecule has 0 bridgehead atoms. The first-order valence-corrected chi connectivity index (χ1v) is 9.10. The Morgan fingerprint density at radius 3 is 2.46 bits per heavy atom. The molecule has 26 heavy (non-hydrogen) atoms. The van der Waals surface area contributed by atoms with Crippen molar-refractivity contribution in [1.29, 1.82) is 0 Å². The molecule has 5 heteroatoms. The minimum atomic E-state index is -0.623. The van der Waals surface area contributed by atoms with Gasteiger partial charge in [0.1, 0.15) is 0 Å². The van der Waals surface area contributed by atoms with Crippen LogP contribution in [0.4, 0.5) is 4.79 Å². The number of nitrogens with zero attached hydrogens (tertiary/aromatic N) is 1. The molecular weight excluding hydrogens is 328 g/mol. The first kappa shape index (κ1) is 19.8. The molecule has 1 aromatic carbocycles. The number of aromatic nitrogens is 1. The van der Waals surface area contributed by atoms with E-state index in [4.69, 9.17) is 4.74 Å². The molecule has 2 rings (SSSR count). The molecule has 0 radical (unpaired) electrons. The van der Waals surface area contributed by atoms with Crippen LogP contribution in [0.1, 0.15) is 47.0 Å². The third kappa shape index (κ3) is 5.76. The number of hydrogen-bond donors (Lipinski definition) is 1. The number of benzene rings is 1. The summed E-state index contributed by atoms with van der Waals surface area (Å²) in [4.78, 5) is 24.5. The number of nitrogens with one attached hydrogen (secondary N) is 1. The third-order valence-corrected chi connectivity index (χ3v) is 3.85. The van der Waals surface area contributed by atoms with Gasteiger partial charge in [0.25, 0.3) is 0 Å². The summed E-state index contributed by atoms with van der Waals surface area (Å²) in [7, 11) is 0. The summed E-state index contributed by atoms with van der Waals surface area (Å²) in [5.41, 5.74) is 1.06. The third-order valence-electron chi connectivity index (χ3n) is 3.85. The molecule has 5 nitrogen and oxygen atoms in total. The molecule has 0 saturated carbocycles. The van der Waals surface area contributed by atoms with Gasteiger partial charge in [-0.15, -0.1) is 0 Å². The van der Waals surface area contributed by atoms with Crippen molar-refractivity contribution < 1.29 is 9.53 Å². The largest absolute Gasteiger partial charge is 0.413 e. The van der Waals surface area contributed by atoms with Crippen molar-refractivity contribution in [2.24, 2.45) is 0 Å². The first-order valence-electron chi connectivity index (χ1n) is 9.10. The van der Waals surface area contributed by atoms with Crippen molar-refractivity contribution in [1.82, 2.24) is 9.88 Å². The van der Waals surface area contributed by atoms with Crippen molar-refractivity contribution >= 4 is 6.09 Å². The van der Waals surface area contributed by atoms with E-state index in [0.29, 0.717) is 0 Å². The van der Waals surface area contributed by atoms with Crippen molar-refractivity contribution in [2.45, 2.75) is 59.0 Å². The van der Waals surface area contributed by atoms with Gasteiger partial charge in [0.2, 0.25) is 5.43 Å². The Labute approximate surface area is 155 Å². The molecule has 140 valence electrons. The van der Waals surface area contributed by atoms with Gasteiger partial charge in [-0.2, -0.15) is 0 Å². The molecule has 2 aromatic rings. The van der Waals surface area contributed by atoms with Gasteiger partial charge in [0.15, 0.2) is 5.75 Å². The van der Waals surface area contributed by atoms with Gasteiger partial charge in [0, 0.05) is 18.2 Å². The monoisotopic (exact) mass is 356 g/mol. The van der Waals surface area contributed by atoms with Gasteiger partial charge in [-0.25, -0.2) is 4.79 Å². The first-order chi connectivity index (χ1) is 12.3. The predicted molar refractivity (Wildman–Crippen MR) is 105 cm³/mol. The second-order valence-corrected chi connectivity index (χ2v) is 7.42. The van der Waals surface area contributed by atoms with Gasteiger partial charge in [-0.1, -0.05) is 50.1 Å². The number of hydrogen-bond acceptors (Lipinski definition) is 3. The summed E-state index contributed by atoms with van der Waals surface area (Å²) in [6.07, 6.45) is 4.22. The molecule has 0 saturated heterocycles. The second-order valence-electron chi connectivity index (χ2n) is 7.42. The summed E-state index contributed by atoms with van der Waals surface area (Å²) < 4.78 is 7.27.